The molecule has 0 aliphatic heterocycles. The minimum Gasteiger partial charge on any atom is -0.496 e. The van der Waals surface area contributed by atoms with Gasteiger partial charge >= 0.3 is 0 Å². The van der Waals surface area contributed by atoms with Crippen LogP contribution in [0.25, 0.3) is 0 Å². The average Bonchev–Trinajstić information content (AvgIpc) is 2.66. The molecule has 2 aromatic rings. The first-order valence-electron chi connectivity index (χ1n) is 8.28. The van der Waals surface area contributed by atoms with E-state index in [0.29, 0.717) is 29.1 Å². The summed E-state index contributed by atoms with van der Waals surface area (Å²) in [6.45, 7) is 2.60. The number of carbonyl (C=O) groups is 2. The molecule has 27 heavy (non-hydrogen) atoms. The summed E-state index contributed by atoms with van der Waals surface area (Å²) in [6, 6.07) is 12.0. The summed E-state index contributed by atoms with van der Waals surface area (Å²) in [7, 11) is 1.49. The second kappa shape index (κ2) is 10.0. The van der Waals surface area contributed by atoms with Crippen LogP contribution in [0.3, 0.4) is 0 Å². The molecule has 0 unspecified atom stereocenters. The highest BCUT2D eigenvalue weighted by Gasteiger charge is 2.14. The normalized spacial score (nSPS) is 10.0. The number of rotatable bonds is 6. The second-order valence-electron chi connectivity index (χ2n) is 5.59. The number of ether oxygens (including phenoxy) is 1. The summed E-state index contributed by atoms with van der Waals surface area (Å²) >= 11 is 8.54. The number of benzene rings is 2. The van der Waals surface area contributed by atoms with Crippen LogP contribution < -0.4 is 20.7 Å². The van der Waals surface area contributed by atoms with Gasteiger partial charge in [0.05, 0.1) is 12.7 Å². The molecule has 2 rings (SSSR count). The van der Waals surface area contributed by atoms with Crippen molar-refractivity contribution in [1.82, 2.24) is 10.6 Å². The molecule has 0 aliphatic rings. The van der Waals surface area contributed by atoms with Crippen molar-refractivity contribution >= 4 is 50.8 Å². The summed E-state index contributed by atoms with van der Waals surface area (Å²) in [5.74, 6) is -0.120. The lowest BCUT2D eigenvalue weighted by atomic mass is 10.2. The molecule has 0 saturated heterocycles. The molecule has 0 saturated carbocycles. The van der Waals surface area contributed by atoms with Crippen molar-refractivity contribution < 1.29 is 14.3 Å². The summed E-state index contributed by atoms with van der Waals surface area (Å²) in [5.41, 5.74) is 1.46. The zero-order chi connectivity index (χ0) is 19.8. The van der Waals surface area contributed by atoms with Crippen molar-refractivity contribution in [1.29, 1.82) is 0 Å². The molecule has 0 aromatic heterocycles. The van der Waals surface area contributed by atoms with Gasteiger partial charge in [-0.1, -0.05) is 28.9 Å². The zero-order valence-corrected chi connectivity index (χ0v) is 17.4. The van der Waals surface area contributed by atoms with E-state index in [2.05, 4.69) is 31.9 Å². The van der Waals surface area contributed by atoms with Gasteiger partial charge in [-0.05, 0) is 55.0 Å². The molecular formula is C19H20BrN3O3S. The predicted molar refractivity (Wildman–Crippen MR) is 113 cm³/mol. The number of carbonyl (C=O) groups excluding carboxylic acids is 2. The lowest BCUT2D eigenvalue weighted by molar-refractivity contribution is 0.0950. The van der Waals surface area contributed by atoms with Gasteiger partial charge in [-0.3, -0.25) is 14.9 Å². The third-order valence-corrected chi connectivity index (χ3v) is 4.25. The Bertz CT molecular complexity index is 858. The Kier molecular flexibility index (Phi) is 7.75. The topological polar surface area (TPSA) is 79.5 Å². The van der Waals surface area contributed by atoms with Gasteiger partial charge in [0.25, 0.3) is 11.8 Å². The van der Waals surface area contributed by atoms with E-state index in [1.54, 1.807) is 42.5 Å². The van der Waals surface area contributed by atoms with Crippen molar-refractivity contribution in [2.45, 2.75) is 13.3 Å². The Balaban J connectivity index is 2.04. The zero-order valence-electron chi connectivity index (χ0n) is 15.0. The number of anilines is 1. The number of nitrogens with one attached hydrogen (secondary N) is 3. The highest BCUT2D eigenvalue weighted by atomic mass is 79.9. The molecule has 0 radical (unpaired) electrons. The maximum absolute atomic E-state index is 12.5. The Morgan fingerprint density at radius 2 is 1.93 bits per heavy atom. The number of amides is 2. The molecule has 0 atom stereocenters. The van der Waals surface area contributed by atoms with Gasteiger partial charge in [-0.25, -0.2) is 0 Å². The van der Waals surface area contributed by atoms with Crippen molar-refractivity contribution in [2.75, 3.05) is 19.0 Å². The Labute approximate surface area is 171 Å². The van der Waals surface area contributed by atoms with Gasteiger partial charge in [0.15, 0.2) is 5.11 Å². The Hall–Kier alpha value is -2.45. The van der Waals surface area contributed by atoms with Crippen LogP contribution in [0.2, 0.25) is 0 Å². The lowest BCUT2D eigenvalue weighted by Gasteiger charge is -2.12. The molecular weight excluding hydrogens is 430 g/mol. The number of hydrogen-bond donors (Lipinski definition) is 3. The molecule has 0 heterocycles. The molecule has 142 valence electrons. The maximum Gasteiger partial charge on any atom is 0.261 e. The number of methoxy groups -OCH3 is 1. The minimum atomic E-state index is -0.400. The van der Waals surface area contributed by atoms with Crippen LogP contribution >= 0.6 is 28.1 Å². The van der Waals surface area contributed by atoms with Gasteiger partial charge in [-0.15, -0.1) is 0 Å². The first-order chi connectivity index (χ1) is 12.9. The monoisotopic (exact) mass is 449 g/mol. The van der Waals surface area contributed by atoms with Crippen LogP contribution in [0.15, 0.2) is 46.9 Å². The van der Waals surface area contributed by atoms with Crippen LogP contribution in [0.4, 0.5) is 5.69 Å². The van der Waals surface area contributed by atoms with Crippen molar-refractivity contribution in [3.8, 4) is 5.75 Å². The number of halogens is 1. The second-order valence-corrected chi connectivity index (χ2v) is 6.91. The van der Waals surface area contributed by atoms with Gasteiger partial charge in [0.2, 0.25) is 0 Å². The fraction of sp³-hybridized carbons (Fsp3) is 0.211. The number of thiocarbonyl (C=S) groups is 1. The van der Waals surface area contributed by atoms with Crippen molar-refractivity contribution in [3.05, 3.63) is 58.1 Å². The van der Waals surface area contributed by atoms with E-state index in [0.717, 1.165) is 10.9 Å². The molecule has 2 aromatic carbocycles. The van der Waals surface area contributed by atoms with Crippen LogP contribution in [0, 0.1) is 0 Å². The van der Waals surface area contributed by atoms with Gasteiger partial charge in [0.1, 0.15) is 5.75 Å². The molecule has 0 fully saturated rings. The summed E-state index contributed by atoms with van der Waals surface area (Å²) in [4.78, 5) is 24.5. The third kappa shape index (κ3) is 6.04. The first-order valence-corrected chi connectivity index (χ1v) is 9.49. The largest absolute Gasteiger partial charge is 0.496 e. The van der Waals surface area contributed by atoms with E-state index in [1.165, 1.54) is 7.11 Å². The standard InChI is InChI=1S/C19H20BrN3O3S/c1-3-9-21-17(24)12-5-4-6-14(10-12)22-19(27)23-18(25)15-11-13(20)7-8-16(15)26-2/h4-8,10-11H,3,9H2,1-2H3,(H,21,24)(H2,22,23,25,27). The number of hydrogen-bond acceptors (Lipinski definition) is 4. The Morgan fingerprint density at radius 3 is 2.63 bits per heavy atom. The summed E-state index contributed by atoms with van der Waals surface area (Å²) < 4.78 is 5.95. The van der Waals surface area contributed by atoms with Gasteiger partial charge in [-0.2, -0.15) is 0 Å². The third-order valence-electron chi connectivity index (χ3n) is 3.55. The van der Waals surface area contributed by atoms with E-state index in [1.807, 2.05) is 6.92 Å². The van der Waals surface area contributed by atoms with Crippen molar-refractivity contribution in [2.24, 2.45) is 0 Å². The summed E-state index contributed by atoms with van der Waals surface area (Å²) in [6.07, 6.45) is 0.860. The van der Waals surface area contributed by atoms with E-state index < -0.39 is 5.91 Å². The molecule has 3 N–H and O–H groups in total. The Morgan fingerprint density at radius 1 is 1.15 bits per heavy atom. The van der Waals surface area contributed by atoms with E-state index in [9.17, 15) is 9.59 Å². The average molecular weight is 450 g/mol. The fourth-order valence-electron chi connectivity index (χ4n) is 2.27. The molecule has 0 spiro atoms. The quantitative estimate of drug-likeness (QED) is 0.585. The van der Waals surface area contributed by atoms with Crippen LogP contribution in [-0.2, 0) is 0 Å². The van der Waals surface area contributed by atoms with Gasteiger partial charge in [0, 0.05) is 22.3 Å². The van der Waals surface area contributed by atoms with E-state index >= 15 is 0 Å². The highest BCUT2D eigenvalue weighted by Crippen LogP contribution is 2.22. The molecule has 8 heteroatoms. The van der Waals surface area contributed by atoms with Gasteiger partial charge < -0.3 is 15.4 Å². The molecule has 0 bridgehead atoms. The van der Waals surface area contributed by atoms with Crippen molar-refractivity contribution in [3.63, 3.8) is 0 Å². The van der Waals surface area contributed by atoms with Crippen LogP contribution in [-0.4, -0.2) is 30.6 Å². The first kappa shape index (κ1) is 20.9. The summed E-state index contributed by atoms with van der Waals surface area (Å²) in [5, 5.41) is 8.45. The highest BCUT2D eigenvalue weighted by molar-refractivity contribution is 9.10. The molecule has 6 nitrogen and oxygen atoms in total. The smallest absolute Gasteiger partial charge is 0.261 e. The molecule has 2 amide bonds. The van der Waals surface area contributed by atoms with E-state index in [-0.39, 0.29) is 11.0 Å². The minimum absolute atomic E-state index is 0.119. The van der Waals surface area contributed by atoms with Crippen LogP contribution in [0.5, 0.6) is 5.75 Å². The maximum atomic E-state index is 12.5. The fourth-order valence-corrected chi connectivity index (χ4v) is 2.84. The van der Waals surface area contributed by atoms with E-state index in [4.69, 9.17) is 17.0 Å². The lowest BCUT2D eigenvalue weighted by Crippen LogP contribution is -2.34. The van der Waals surface area contributed by atoms with Crippen LogP contribution in [0.1, 0.15) is 34.1 Å². The molecule has 0 aliphatic carbocycles. The predicted octanol–water partition coefficient (Wildman–Crippen LogP) is 3.72. The SMILES string of the molecule is CCCNC(=O)c1cccc(NC(=S)NC(=O)c2cc(Br)ccc2OC)c1.